The van der Waals surface area contributed by atoms with Crippen LogP contribution in [0.25, 0.3) is 10.1 Å². The van der Waals surface area contributed by atoms with E-state index in [2.05, 4.69) is 25.5 Å². The number of carbonyl (C=O) groups excluding carboxylic acids is 1. The van der Waals surface area contributed by atoms with Gasteiger partial charge in [-0.3, -0.25) is 4.79 Å². The number of rotatable bonds is 6. The van der Waals surface area contributed by atoms with Gasteiger partial charge in [0.15, 0.2) is 0 Å². The molecule has 140 valence electrons. The molecule has 1 amide bonds. The van der Waals surface area contributed by atoms with Gasteiger partial charge in [0.1, 0.15) is 5.82 Å². The van der Waals surface area contributed by atoms with Gasteiger partial charge in [0.25, 0.3) is 5.91 Å². The number of fused-ring (bicyclic) bond motifs is 1. The Morgan fingerprint density at radius 1 is 1.15 bits per heavy atom. The largest absolute Gasteiger partial charge is 0.356 e. The van der Waals surface area contributed by atoms with Crippen LogP contribution in [0, 0.1) is 6.92 Å². The number of carbonyl (C=O) groups is 1. The molecule has 1 saturated heterocycles. The lowest BCUT2D eigenvalue weighted by atomic mass is 10.2. The maximum Gasteiger partial charge on any atom is 0.261 e. The van der Waals surface area contributed by atoms with Crippen molar-refractivity contribution in [3.8, 4) is 0 Å². The number of nitrogens with zero attached hydrogens (tertiary/aromatic N) is 3. The lowest BCUT2D eigenvalue weighted by Crippen LogP contribution is -2.28. The maximum absolute atomic E-state index is 12.3. The number of aryl methyl sites for hydroxylation is 1. The zero-order valence-corrected chi connectivity index (χ0v) is 16.2. The highest BCUT2D eigenvalue weighted by atomic mass is 32.1. The van der Waals surface area contributed by atoms with Gasteiger partial charge in [-0.2, -0.15) is 4.98 Å². The Hall–Kier alpha value is -2.67. The zero-order valence-electron chi connectivity index (χ0n) is 15.4. The van der Waals surface area contributed by atoms with Crippen molar-refractivity contribution in [2.24, 2.45) is 0 Å². The van der Waals surface area contributed by atoms with Crippen LogP contribution in [0.3, 0.4) is 0 Å². The summed E-state index contributed by atoms with van der Waals surface area (Å²) in [4.78, 5) is 24.4. The number of hydrogen-bond acceptors (Lipinski definition) is 6. The smallest absolute Gasteiger partial charge is 0.261 e. The normalized spacial score (nSPS) is 13.9. The number of amides is 1. The summed E-state index contributed by atoms with van der Waals surface area (Å²) in [7, 11) is 0. The van der Waals surface area contributed by atoms with Crippen molar-refractivity contribution in [1.82, 2.24) is 15.3 Å². The van der Waals surface area contributed by atoms with Gasteiger partial charge in [-0.25, -0.2) is 4.98 Å². The summed E-state index contributed by atoms with van der Waals surface area (Å²) in [5.74, 6) is 1.56. The molecule has 4 rings (SSSR count). The van der Waals surface area contributed by atoms with E-state index < -0.39 is 0 Å². The summed E-state index contributed by atoms with van der Waals surface area (Å²) < 4.78 is 1.13. The zero-order chi connectivity index (χ0) is 18.6. The van der Waals surface area contributed by atoms with Crippen molar-refractivity contribution in [3.05, 3.63) is 47.0 Å². The fourth-order valence-corrected chi connectivity index (χ4v) is 4.25. The molecule has 3 aromatic rings. The second-order valence-electron chi connectivity index (χ2n) is 6.72. The van der Waals surface area contributed by atoms with Crippen LogP contribution in [-0.4, -0.2) is 42.1 Å². The first-order chi connectivity index (χ1) is 13.2. The highest BCUT2D eigenvalue weighted by Crippen LogP contribution is 2.25. The SMILES string of the molecule is Cc1cc(N2CCCC2)nc(NCCNC(=O)c2cc3ccccc3s2)n1. The van der Waals surface area contributed by atoms with Crippen LogP contribution in [0.4, 0.5) is 11.8 Å². The van der Waals surface area contributed by atoms with E-state index in [0.717, 1.165) is 39.6 Å². The first kappa shape index (κ1) is 17.7. The average Bonchev–Trinajstić information content (AvgIpc) is 3.34. The predicted molar refractivity (Wildman–Crippen MR) is 111 cm³/mol. The summed E-state index contributed by atoms with van der Waals surface area (Å²) in [5.41, 5.74) is 0.948. The Morgan fingerprint density at radius 3 is 2.78 bits per heavy atom. The van der Waals surface area contributed by atoms with E-state index in [1.165, 1.54) is 24.2 Å². The Morgan fingerprint density at radius 2 is 1.96 bits per heavy atom. The van der Waals surface area contributed by atoms with Crippen LogP contribution in [0.5, 0.6) is 0 Å². The topological polar surface area (TPSA) is 70.2 Å². The molecule has 0 unspecified atom stereocenters. The number of benzene rings is 1. The molecule has 0 aliphatic carbocycles. The molecule has 6 nitrogen and oxygen atoms in total. The molecular formula is C20H23N5OS. The monoisotopic (exact) mass is 381 g/mol. The molecule has 3 heterocycles. The lowest BCUT2D eigenvalue weighted by Gasteiger charge is -2.17. The first-order valence-electron chi connectivity index (χ1n) is 9.30. The second kappa shape index (κ2) is 7.92. The Kier molecular flexibility index (Phi) is 5.20. The van der Waals surface area contributed by atoms with E-state index in [4.69, 9.17) is 0 Å². The van der Waals surface area contributed by atoms with E-state index in [-0.39, 0.29) is 5.91 Å². The van der Waals surface area contributed by atoms with Gasteiger partial charge < -0.3 is 15.5 Å². The van der Waals surface area contributed by atoms with Crippen LogP contribution >= 0.6 is 11.3 Å². The minimum atomic E-state index is -0.0408. The van der Waals surface area contributed by atoms with Crippen LogP contribution in [0.1, 0.15) is 28.2 Å². The third kappa shape index (κ3) is 4.19. The molecule has 0 saturated carbocycles. The molecule has 2 N–H and O–H groups in total. The summed E-state index contributed by atoms with van der Waals surface area (Å²) in [6, 6.07) is 12.0. The molecule has 0 bridgehead atoms. The Labute approximate surface area is 162 Å². The fourth-order valence-electron chi connectivity index (χ4n) is 3.27. The Balaban J connectivity index is 1.31. The average molecular weight is 382 g/mol. The van der Waals surface area contributed by atoms with Gasteiger partial charge in [0.2, 0.25) is 5.95 Å². The molecule has 1 fully saturated rings. The van der Waals surface area contributed by atoms with Crippen molar-refractivity contribution in [2.45, 2.75) is 19.8 Å². The van der Waals surface area contributed by atoms with Gasteiger partial charge >= 0.3 is 0 Å². The molecule has 0 spiro atoms. The van der Waals surface area contributed by atoms with Crippen molar-refractivity contribution >= 4 is 39.1 Å². The quantitative estimate of drug-likeness (QED) is 0.640. The predicted octanol–water partition coefficient (Wildman–Crippen LogP) is 3.44. The van der Waals surface area contributed by atoms with Crippen LogP contribution < -0.4 is 15.5 Å². The van der Waals surface area contributed by atoms with Gasteiger partial charge in [-0.1, -0.05) is 18.2 Å². The van der Waals surface area contributed by atoms with Gasteiger partial charge in [0.05, 0.1) is 4.88 Å². The van der Waals surface area contributed by atoms with Gasteiger partial charge in [-0.05, 0) is 37.3 Å². The van der Waals surface area contributed by atoms with E-state index in [1.807, 2.05) is 43.3 Å². The maximum atomic E-state index is 12.3. The molecule has 1 aliphatic heterocycles. The molecule has 27 heavy (non-hydrogen) atoms. The van der Waals surface area contributed by atoms with Crippen molar-refractivity contribution in [1.29, 1.82) is 0 Å². The van der Waals surface area contributed by atoms with Gasteiger partial charge in [0, 0.05) is 42.6 Å². The number of hydrogen-bond donors (Lipinski definition) is 2. The van der Waals surface area contributed by atoms with Gasteiger partial charge in [-0.15, -0.1) is 11.3 Å². The molecular weight excluding hydrogens is 358 g/mol. The standard InChI is InChI=1S/C20H23N5OS/c1-14-12-18(25-10-4-5-11-25)24-20(23-14)22-9-8-21-19(26)17-13-15-6-2-3-7-16(15)27-17/h2-3,6-7,12-13H,4-5,8-11H2,1H3,(H,21,26)(H,22,23,24). The minimum Gasteiger partial charge on any atom is -0.356 e. The van der Waals surface area contributed by atoms with Crippen molar-refractivity contribution in [2.75, 3.05) is 36.4 Å². The molecule has 1 aromatic carbocycles. The van der Waals surface area contributed by atoms with E-state index >= 15 is 0 Å². The first-order valence-corrected chi connectivity index (χ1v) is 10.1. The fraction of sp³-hybridized carbons (Fsp3) is 0.350. The van der Waals surface area contributed by atoms with Crippen LogP contribution in [-0.2, 0) is 0 Å². The van der Waals surface area contributed by atoms with Crippen LogP contribution in [0.15, 0.2) is 36.4 Å². The summed E-state index contributed by atoms with van der Waals surface area (Å²) in [6.07, 6.45) is 2.44. The number of thiophene rings is 1. The molecule has 0 atom stereocenters. The highest BCUT2D eigenvalue weighted by molar-refractivity contribution is 7.20. The van der Waals surface area contributed by atoms with E-state index in [0.29, 0.717) is 19.0 Å². The number of anilines is 2. The van der Waals surface area contributed by atoms with Crippen molar-refractivity contribution < 1.29 is 4.79 Å². The minimum absolute atomic E-state index is 0.0408. The van der Waals surface area contributed by atoms with Crippen LogP contribution in [0.2, 0.25) is 0 Å². The lowest BCUT2D eigenvalue weighted by molar-refractivity contribution is 0.0959. The third-order valence-electron chi connectivity index (χ3n) is 4.61. The summed E-state index contributed by atoms with van der Waals surface area (Å²) >= 11 is 1.52. The molecule has 1 aliphatic rings. The number of aromatic nitrogens is 2. The number of nitrogens with one attached hydrogen (secondary N) is 2. The summed E-state index contributed by atoms with van der Waals surface area (Å²) in [6.45, 7) is 5.20. The third-order valence-corrected chi connectivity index (χ3v) is 5.73. The summed E-state index contributed by atoms with van der Waals surface area (Å²) in [5, 5.41) is 7.29. The van der Waals surface area contributed by atoms with Crippen molar-refractivity contribution in [3.63, 3.8) is 0 Å². The Bertz CT molecular complexity index is 915. The van der Waals surface area contributed by atoms with E-state index in [9.17, 15) is 4.79 Å². The molecule has 7 heteroatoms. The molecule has 0 radical (unpaired) electrons. The highest BCUT2D eigenvalue weighted by Gasteiger charge is 2.15. The van der Waals surface area contributed by atoms with E-state index in [1.54, 1.807) is 0 Å². The molecule has 2 aromatic heterocycles. The second-order valence-corrected chi connectivity index (χ2v) is 7.80.